The summed E-state index contributed by atoms with van der Waals surface area (Å²) in [7, 11) is 0. The fourth-order valence-electron chi connectivity index (χ4n) is 2.40. The summed E-state index contributed by atoms with van der Waals surface area (Å²) in [6.07, 6.45) is 6.25. The van der Waals surface area contributed by atoms with Crippen molar-refractivity contribution in [3.05, 3.63) is 12.2 Å². The third kappa shape index (κ3) is 3.17. The molecule has 1 fully saturated rings. The molecule has 2 nitrogen and oxygen atoms in total. The quantitative estimate of drug-likeness (QED) is 0.555. The molecule has 0 amide bonds. The predicted molar refractivity (Wildman–Crippen MR) is 57.1 cm³/mol. The second-order valence-electron chi connectivity index (χ2n) is 4.50. The van der Waals surface area contributed by atoms with Crippen LogP contribution in [-0.4, -0.2) is 11.1 Å². The van der Waals surface area contributed by atoms with Gasteiger partial charge in [-0.3, -0.25) is 4.79 Å². The summed E-state index contributed by atoms with van der Waals surface area (Å²) in [6.45, 7) is 5.87. The Morgan fingerprint density at radius 2 is 2.00 bits per heavy atom. The lowest BCUT2D eigenvalue weighted by molar-refractivity contribution is -0.143. The molecule has 2 unspecified atom stereocenters. The smallest absolute Gasteiger partial charge is 0.306 e. The first-order valence-electron chi connectivity index (χ1n) is 5.48. The van der Waals surface area contributed by atoms with Gasteiger partial charge in [0, 0.05) is 0 Å². The number of carboxylic acids is 1. The zero-order valence-electron chi connectivity index (χ0n) is 8.96. The van der Waals surface area contributed by atoms with Gasteiger partial charge in [0.15, 0.2) is 0 Å². The van der Waals surface area contributed by atoms with Crippen LogP contribution in [0.4, 0.5) is 0 Å². The molecule has 1 N–H and O–H groups in total. The molecule has 0 heterocycles. The predicted octanol–water partition coefficient (Wildman–Crippen LogP) is 3.23. The van der Waals surface area contributed by atoms with E-state index in [0.29, 0.717) is 5.92 Å². The number of rotatable bonds is 3. The van der Waals surface area contributed by atoms with E-state index in [1.54, 1.807) is 0 Å². The van der Waals surface area contributed by atoms with Crippen molar-refractivity contribution in [1.82, 2.24) is 0 Å². The molecule has 0 aliphatic heterocycles. The molecule has 0 aromatic carbocycles. The lowest BCUT2D eigenvalue weighted by Gasteiger charge is -2.21. The van der Waals surface area contributed by atoms with Gasteiger partial charge in [0.25, 0.3) is 0 Å². The van der Waals surface area contributed by atoms with Gasteiger partial charge in [-0.2, -0.15) is 0 Å². The van der Waals surface area contributed by atoms with Crippen LogP contribution in [0.3, 0.4) is 0 Å². The van der Waals surface area contributed by atoms with Crippen LogP contribution in [0.2, 0.25) is 0 Å². The number of hydrogen-bond acceptors (Lipinski definition) is 1. The molecule has 80 valence electrons. The van der Waals surface area contributed by atoms with E-state index >= 15 is 0 Å². The summed E-state index contributed by atoms with van der Waals surface area (Å²) in [4.78, 5) is 11.1. The fraction of sp³-hybridized carbons (Fsp3) is 0.750. The van der Waals surface area contributed by atoms with Crippen LogP contribution >= 0.6 is 0 Å². The zero-order valence-corrected chi connectivity index (χ0v) is 8.96. The van der Waals surface area contributed by atoms with Crippen molar-refractivity contribution in [1.29, 1.82) is 0 Å². The second-order valence-corrected chi connectivity index (χ2v) is 4.50. The lowest BCUT2D eigenvalue weighted by Crippen LogP contribution is -2.22. The minimum atomic E-state index is -0.613. The van der Waals surface area contributed by atoms with Gasteiger partial charge in [0.05, 0.1) is 5.92 Å². The molecule has 0 spiro atoms. The van der Waals surface area contributed by atoms with Crippen molar-refractivity contribution in [3.63, 3.8) is 0 Å². The maximum atomic E-state index is 11.1. The highest BCUT2D eigenvalue weighted by molar-refractivity contribution is 5.70. The van der Waals surface area contributed by atoms with Crippen LogP contribution in [0.1, 0.15) is 45.4 Å². The number of hydrogen-bond donors (Lipinski definition) is 1. The molecular formula is C12H20O2. The molecule has 0 radical (unpaired) electrons. The third-order valence-corrected chi connectivity index (χ3v) is 3.09. The maximum Gasteiger partial charge on any atom is 0.306 e. The summed E-state index contributed by atoms with van der Waals surface area (Å²) in [5.41, 5.74) is 1.11. The Morgan fingerprint density at radius 3 is 2.57 bits per heavy atom. The molecular weight excluding hydrogens is 176 g/mol. The molecule has 2 heteroatoms. The van der Waals surface area contributed by atoms with Crippen molar-refractivity contribution in [2.24, 2.45) is 11.8 Å². The Balaban J connectivity index is 2.63. The topological polar surface area (TPSA) is 37.3 Å². The number of carboxylic acid groups (broad SMARTS) is 1. The Hall–Kier alpha value is -0.790. The van der Waals surface area contributed by atoms with E-state index in [-0.39, 0.29) is 5.92 Å². The second kappa shape index (κ2) is 5.18. The van der Waals surface area contributed by atoms with Crippen LogP contribution in [-0.2, 0) is 4.79 Å². The highest BCUT2D eigenvalue weighted by Gasteiger charge is 2.28. The van der Waals surface area contributed by atoms with Crippen LogP contribution in [0.15, 0.2) is 12.2 Å². The first kappa shape index (κ1) is 11.3. The summed E-state index contributed by atoms with van der Waals surface area (Å²) in [6, 6.07) is 0. The van der Waals surface area contributed by atoms with Gasteiger partial charge in [0.1, 0.15) is 0 Å². The molecule has 1 aliphatic carbocycles. The van der Waals surface area contributed by atoms with Crippen molar-refractivity contribution in [2.45, 2.75) is 45.4 Å². The van der Waals surface area contributed by atoms with Gasteiger partial charge in [0.2, 0.25) is 0 Å². The highest BCUT2D eigenvalue weighted by atomic mass is 16.4. The molecule has 2 atom stereocenters. The maximum absolute atomic E-state index is 11.1. The van der Waals surface area contributed by atoms with Crippen molar-refractivity contribution >= 4 is 5.97 Å². The summed E-state index contributed by atoms with van der Waals surface area (Å²) >= 11 is 0. The van der Waals surface area contributed by atoms with Gasteiger partial charge in [-0.05, 0) is 32.1 Å². The van der Waals surface area contributed by atoms with Gasteiger partial charge >= 0.3 is 5.97 Å². The zero-order chi connectivity index (χ0) is 10.6. The van der Waals surface area contributed by atoms with E-state index in [9.17, 15) is 4.79 Å². The number of aliphatic carboxylic acids is 1. The van der Waals surface area contributed by atoms with E-state index in [2.05, 4.69) is 6.58 Å². The van der Waals surface area contributed by atoms with Crippen LogP contribution in [0, 0.1) is 11.8 Å². The van der Waals surface area contributed by atoms with Gasteiger partial charge < -0.3 is 5.11 Å². The van der Waals surface area contributed by atoms with Crippen molar-refractivity contribution < 1.29 is 9.90 Å². The minimum absolute atomic E-state index is 0.130. The fourth-order valence-corrected chi connectivity index (χ4v) is 2.40. The molecule has 1 aliphatic rings. The summed E-state index contributed by atoms with van der Waals surface area (Å²) in [5.74, 6) is -0.417. The molecule has 1 rings (SSSR count). The third-order valence-electron chi connectivity index (χ3n) is 3.09. The van der Waals surface area contributed by atoms with Crippen LogP contribution in [0.25, 0.3) is 0 Å². The van der Waals surface area contributed by atoms with E-state index in [1.165, 1.54) is 12.8 Å². The van der Waals surface area contributed by atoms with Gasteiger partial charge in [-0.25, -0.2) is 0 Å². The highest BCUT2D eigenvalue weighted by Crippen LogP contribution is 2.32. The summed E-state index contributed by atoms with van der Waals surface area (Å²) in [5, 5.41) is 9.12. The average molecular weight is 196 g/mol. The molecule has 0 bridgehead atoms. The van der Waals surface area contributed by atoms with Crippen molar-refractivity contribution in [3.8, 4) is 0 Å². The minimum Gasteiger partial charge on any atom is -0.481 e. The summed E-state index contributed by atoms with van der Waals surface area (Å²) < 4.78 is 0. The Morgan fingerprint density at radius 1 is 1.36 bits per heavy atom. The van der Waals surface area contributed by atoms with Gasteiger partial charge in [-0.15, -0.1) is 6.58 Å². The van der Waals surface area contributed by atoms with Crippen molar-refractivity contribution in [2.75, 3.05) is 0 Å². The molecule has 0 saturated heterocycles. The van der Waals surface area contributed by atoms with E-state index in [1.807, 2.05) is 6.92 Å². The van der Waals surface area contributed by atoms with E-state index in [4.69, 9.17) is 5.11 Å². The van der Waals surface area contributed by atoms with Crippen LogP contribution < -0.4 is 0 Å². The molecule has 0 aromatic heterocycles. The lowest BCUT2D eigenvalue weighted by atomic mass is 9.84. The SMILES string of the molecule is C=C(C)CC1CCCCCC1C(=O)O. The normalized spacial score (nSPS) is 28.1. The Labute approximate surface area is 86.0 Å². The Bertz CT molecular complexity index is 220. The molecule has 1 saturated carbocycles. The molecule has 14 heavy (non-hydrogen) atoms. The molecule has 0 aromatic rings. The van der Waals surface area contributed by atoms with Crippen LogP contribution in [0.5, 0.6) is 0 Å². The standard InChI is InChI=1S/C12H20O2/c1-9(2)8-10-6-4-3-5-7-11(10)12(13)14/h10-11H,1,3-8H2,2H3,(H,13,14). The Kier molecular flexibility index (Phi) is 4.18. The first-order chi connectivity index (χ1) is 6.61. The van der Waals surface area contributed by atoms with E-state index < -0.39 is 5.97 Å². The monoisotopic (exact) mass is 196 g/mol. The largest absolute Gasteiger partial charge is 0.481 e. The van der Waals surface area contributed by atoms with E-state index in [0.717, 1.165) is 31.3 Å². The number of carbonyl (C=O) groups is 1. The first-order valence-corrected chi connectivity index (χ1v) is 5.48. The number of allylic oxidation sites excluding steroid dienone is 1. The van der Waals surface area contributed by atoms with Gasteiger partial charge in [-0.1, -0.05) is 24.8 Å². The average Bonchev–Trinajstić information content (AvgIpc) is 2.28.